The lowest BCUT2D eigenvalue weighted by atomic mass is 10.2. The Labute approximate surface area is 99.8 Å². The first-order valence-corrected chi connectivity index (χ1v) is 6.09. The fourth-order valence-electron chi connectivity index (χ4n) is 1.24. The maximum absolute atomic E-state index is 11.5. The van der Waals surface area contributed by atoms with Crippen LogP contribution in [0.1, 0.15) is 26.2 Å². The molecule has 0 fully saturated rings. The minimum Gasteiger partial charge on any atom is -0.273 e. The van der Waals surface area contributed by atoms with Crippen molar-refractivity contribution in [2.45, 2.75) is 26.2 Å². The summed E-state index contributed by atoms with van der Waals surface area (Å²) in [6, 6.07) is 0. The van der Waals surface area contributed by atoms with Crippen molar-refractivity contribution < 1.29 is 9.59 Å². The summed E-state index contributed by atoms with van der Waals surface area (Å²) in [6.07, 6.45) is 2.98. The highest BCUT2D eigenvalue weighted by atomic mass is 79.9. The predicted octanol–water partition coefficient (Wildman–Crippen LogP) is 2.55. The monoisotopic (exact) mass is 323 g/mol. The van der Waals surface area contributed by atoms with E-state index in [1.165, 1.54) is 4.90 Å². The zero-order valence-electron chi connectivity index (χ0n) is 7.85. The molecule has 0 radical (unpaired) electrons. The Kier molecular flexibility index (Phi) is 4.31. The second-order valence-electron chi connectivity index (χ2n) is 3.10. The van der Waals surface area contributed by atoms with Crippen LogP contribution in [-0.2, 0) is 9.59 Å². The molecule has 2 amide bonds. The first-order valence-electron chi connectivity index (χ1n) is 4.51. The van der Waals surface area contributed by atoms with Crippen LogP contribution in [0.3, 0.4) is 0 Å². The molecule has 3 nitrogen and oxygen atoms in total. The molecule has 0 bridgehead atoms. The molecule has 1 heterocycles. The Morgan fingerprint density at radius 2 is 1.57 bits per heavy atom. The third-order valence-electron chi connectivity index (χ3n) is 2.04. The molecular weight excluding hydrogens is 314 g/mol. The van der Waals surface area contributed by atoms with Crippen LogP contribution in [0.5, 0.6) is 0 Å². The second kappa shape index (κ2) is 5.07. The van der Waals surface area contributed by atoms with Crippen molar-refractivity contribution in [1.82, 2.24) is 4.90 Å². The van der Waals surface area contributed by atoms with E-state index < -0.39 is 0 Å². The number of halogens is 2. The molecule has 0 saturated carbocycles. The van der Waals surface area contributed by atoms with Crippen molar-refractivity contribution >= 4 is 43.7 Å². The lowest BCUT2D eigenvalue weighted by Gasteiger charge is -2.13. The zero-order valence-corrected chi connectivity index (χ0v) is 11.0. The predicted molar refractivity (Wildman–Crippen MR) is 61.1 cm³/mol. The van der Waals surface area contributed by atoms with Gasteiger partial charge in [0.15, 0.2) is 0 Å². The molecule has 14 heavy (non-hydrogen) atoms. The molecule has 1 rings (SSSR count). The third-order valence-corrected chi connectivity index (χ3v) is 4.05. The number of rotatable bonds is 4. The van der Waals surface area contributed by atoms with Crippen LogP contribution in [0.15, 0.2) is 8.96 Å². The maximum atomic E-state index is 11.5. The minimum atomic E-state index is -0.238. The number of hydrogen-bond donors (Lipinski definition) is 0. The smallest absolute Gasteiger partial charge is 0.269 e. The fraction of sp³-hybridized carbons (Fsp3) is 0.556. The van der Waals surface area contributed by atoms with Crippen LogP contribution < -0.4 is 0 Å². The summed E-state index contributed by atoms with van der Waals surface area (Å²) in [6.45, 7) is 2.59. The van der Waals surface area contributed by atoms with Crippen LogP contribution >= 0.6 is 31.9 Å². The highest BCUT2D eigenvalue weighted by Gasteiger charge is 2.35. The van der Waals surface area contributed by atoms with Crippen LogP contribution in [0.4, 0.5) is 0 Å². The van der Waals surface area contributed by atoms with Gasteiger partial charge in [-0.1, -0.05) is 19.8 Å². The number of carbonyl (C=O) groups is 2. The van der Waals surface area contributed by atoms with E-state index in [9.17, 15) is 9.59 Å². The third kappa shape index (κ3) is 2.25. The van der Waals surface area contributed by atoms with Gasteiger partial charge in [0.25, 0.3) is 11.8 Å². The Morgan fingerprint density at radius 1 is 1.07 bits per heavy atom. The van der Waals surface area contributed by atoms with E-state index in [4.69, 9.17) is 0 Å². The molecule has 0 aromatic heterocycles. The van der Waals surface area contributed by atoms with Crippen LogP contribution in [0, 0.1) is 0 Å². The number of nitrogens with zero attached hydrogens (tertiary/aromatic N) is 1. The van der Waals surface area contributed by atoms with Gasteiger partial charge in [-0.05, 0) is 38.3 Å². The summed E-state index contributed by atoms with van der Waals surface area (Å²) in [4.78, 5) is 24.2. The average molecular weight is 325 g/mol. The van der Waals surface area contributed by atoms with Gasteiger partial charge in [-0.25, -0.2) is 0 Å². The molecular formula is C9H11Br2NO2. The van der Waals surface area contributed by atoms with E-state index in [1.54, 1.807) is 0 Å². The topological polar surface area (TPSA) is 37.4 Å². The summed E-state index contributed by atoms with van der Waals surface area (Å²) in [5, 5.41) is 0. The number of carbonyl (C=O) groups excluding carboxylic acids is 2. The Hall–Kier alpha value is -0.160. The van der Waals surface area contributed by atoms with Crippen LogP contribution in [0.2, 0.25) is 0 Å². The Bertz CT molecular complexity index is 275. The minimum absolute atomic E-state index is 0.238. The molecule has 0 spiro atoms. The van der Waals surface area contributed by atoms with Gasteiger partial charge in [-0.15, -0.1) is 0 Å². The average Bonchev–Trinajstić information content (AvgIpc) is 2.35. The van der Waals surface area contributed by atoms with Gasteiger partial charge in [-0.3, -0.25) is 14.5 Å². The standard InChI is InChI=1S/C9H11Br2NO2/c1-2-3-4-5-12-8(13)6(10)7(11)9(12)14/h2-5H2,1H3. The maximum Gasteiger partial charge on any atom is 0.269 e. The normalized spacial score (nSPS) is 17.2. The zero-order chi connectivity index (χ0) is 10.7. The lowest BCUT2D eigenvalue weighted by Crippen LogP contribution is -2.31. The molecule has 1 aliphatic rings. The highest BCUT2D eigenvalue weighted by molar-refractivity contribution is 9.14. The molecule has 78 valence electrons. The highest BCUT2D eigenvalue weighted by Crippen LogP contribution is 2.29. The van der Waals surface area contributed by atoms with Gasteiger partial charge >= 0.3 is 0 Å². The van der Waals surface area contributed by atoms with E-state index in [1.807, 2.05) is 0 Å². The largest absolute Gasteiger partial charge is 0.273 e. The van der Waals surface area contributed by atoms with Crippen LogP contribution in [-0.4, -0.2) is 23.3 Å². The number of hydrogen-bond acceptors (Lipinski definition) is 2. The first kappa shape index (κ1) is 11.9. The number of amides is 2. The van der Waals surface area contributed by atoms with Gasteiger partial charge in [0.1, 0.15) is 8.96 Å². The molecule has 0 atom stereocenters. The lowest BCUT2D eigenvalue weighted by molar-refractivity contribution is -0.137. The second-order valence-corrected chi connectivity index (χ2v) is 4.68. The van der Waals surface area contributed by atoms with E-state index in [-0.39, 0.29) is 11.8 Å². The molecule has 0 aromatic rings. The molecule has 0 N–H and O–H groups in total. The molecule has 0 saturated heterocycles. The summed E-state index contributed by atoms with van der Waals surface area (Å²) in [5.41, 5.74) is 0. The fourth-order valence-corrected chi connectivity index (χ4v) is 2.01. The molecule has 5 heteroatoms. The van der Waals surface area contributed by atoms with Crippen molar-refractivity contribution in [1.29, 1.82) is 0 Å². The number of imide groups is 1. The van der Waals surface area contributed by atoms with Crippen molar-refractivity contribution in [2.24, 2.45) is 0 Å². The summed E-state index contributed by atoms with van der Waals surface area (Å²) in [5.74, 6) is -0.476. The van der Waals surface area contributed by atoms with Gasteiger partial charge in [0, 0.05) is 6.54 Å². The SMILES string of the molecule is CCCCCN1C(=O)C(Br)=C(Br)C1=O. The van der Waals surface area contributed by atoms with E-state index in [0.717, 1.165) is 19.3 Å². The van der Waals surface area contributed by atoms with Gasteiger partial charge < -0.3 is 0 Å². The quantitative estimate of drug-likeness (QED) is 0.588. The Morgan fingerprint density at radius 3 is 2.00 bits per heavy atom. The number of unbranched alkanes of at least 4 members (excludes halogenated alkanes) is 2. The molecule has 0 unspecified atom stereocenters. The van der Waals surface area contributed by atoms with E-state index in [0.29, 0.717) is 15.5 Å². The van der Waals surface area contributed by atoms with Crippen LogP contribution in [0.25, 0.3) is 0 Å². The van der Waals surface area contributed by atoms with E-state index in [2.05, 4.69) is 38.8 Å². The van der Waals surface area contributed by atoms with Gasteiger partial charge in [-0.2, -0.15) is 0 Å². The van der Waals surface area contributed by atoms with Crippen molar-refractivity contribution in [3.63, 3.8) is 0 Å². The summed E-state index contributed by atoms with van der Waals surface area (Å²) < 4.78 is 0.665. The first-order chi connectivity index (χ1) is 6.59. The molecule has 0 aromatic carbocycles. The van der Waals surface area contributed by atoms with Gasteiger partial charge in [0.05, 0.1) is 0 Å². The molecule has 0 aliphatic carbocycles. The summed E-state index contributed by atoms with van der Waals surface area (Å²) in [7, 11) is 0. The van der Waals surface area contributed by atoms with E-state index >= 15 is 0 Å². The summed E-state index contributed by atoms with van der Waals surface area (Å²) >= 11 is 6.16. The van der Waals surface area contributed by atoms with Crippen molar-refractivity contribution in [3.8, 4) is 0 Å². The van der Waals surface area contributed by atoms with Crippen molar-refractivity contribution in [2.75, 3.05) is 6.54 Å². The van der Waals surface area contributed by atoms with Gasteiger partial charge in [0.2, 0.25) is 0 Å². The molecule has 1 aliphatic heterocycles. The van der Waals surface area contributed by atoms with Crippen molar-refractivity contribution in [3.05, 3.63) is 8.96 Å². The Balaban J connectivity index is 2.58.